The molecule has 2 heterocycles. The molecule has 0 N–H and O–H groups in total. The Bertz CT molecular complexity index is 747. The highest BCUT2D eigenvalue weighted by atomic mass is 127. The first-order chi connectivity index (χ1) is 19.1. The van der Waals surface area contributed by atoms with E-state index in [9.17, 15) is 0 Å². The SMILES string of the molecule is CCCC(I)[Si]1(C2(CCC)CC2)OC[C@H]2O[C@@H]([C@H](C)CO[Si](CC)(CC)CC)[C@@H](O[Si](CC)(CC)CC)C[C@H]2O1. The molecule has 7 atom stereocenters. The molecule has 5 nitrogen and oxygen atoms in total. The summed E-state index contributed by atoms with van der Waals surface area (Å²) < 4.78 is 36.1. The van der Waals surface area contributed by atoms with Gasteiger partial charge < -0.3 is 22.4 Å². The average Bonchev–Trinajstić information content (AvgIpc) is 3.77. The van der Waals surface area contributed by atoms with Crippen LogP contribution in [0.4, 0.5) is 0 Å². The van der Waals surface area contributed by atoms with E-state index in [0.717, 1.165) is 31.2 Å². The molecule has 1 saturated carbocycles. The number of ether oxygens (including phenoxy) is 1. The second kappa shape index (κ2) is 15.5. The van der Waals surface area contributed by atoms with Gasteiger partial charge in [0.2, 0.25) is 0 Å². The molecular weight excluding hydrogens is 663 g/mol. The van der Waals surface area contributed by atoms with Crippen LogP contribution in [0.1, 0.15) is 107 Å². The fourth-order valence-electron chi connectivity index (χ4n) is 7.64. The van der Waals surface area contributed by atoms with Gasteiger partial charge in [-0.15, -0.1) is 0 Å². The van der Waals surface area contributed by atoms with Gasteiger partial charge in [-0.1, -0.05) is 97.7 Å². The van der Waals surface area contributed by atoms with Crippen LogP contribution in [-0.2, 0) is 22.4 Å². The first kappa shape index (κ1) is 35.7. The lowest BCUT2D eigenvalue weighted by molar-refractivity contribution is -0.207. The van der Waals surface area contributed by atoms with E-state index < -0.39 is 25.2 Å². The van der Waals surface area contributed by atoms with Crippen LogP contribution >= 0.6 is 22.6 Å². The summed E-state index contributed by atoms with van der Waals surface area (Å²) in [6, 6.07) is 7.04. The van der Waals surface area contributed by atoms with E-state index in [2.05, 4.69) is 84.9 Å². The second-order valence-corrected chi connectivity index (χ2v) is 29.0. The van der Waals surface area contributed by atoms with Gasteiger partial charge in [0.15, 0.2) is 16.6 Å². The van der Waals surface area contributed by atoms with E-state index in [-0.39, 0.29) is 30.3 Å². The van der Waals surface area contributed by atoms with Crippen molar-refractivity contribution < 1.29 is 22.4 Å². The molecule has 0 radical (unpaired) electrons. The summed E-state index contributed by atoms with van der Waals surface area (Å²) in [5.41, 5.74) is 0. The number of hydrogen-bond donors (Lipinski definition) is 0. The van der Waals surface area contributed by atoms with Crippen molar-refractivity contribution in [2.24, 2.45) is 5.92 Å². The molecule has 2 aliphatic heterocycles. The topological polar surface area (TPSA) is 46.2 Å². The fourth-order valence-corrected chi connectivity index (χ4v) is 21.6. The zero-order chi connectivity index (χ0) is 29.6. The number of fused-ring (bicyclic) bond motifs is 1. The number of halogens is 1. The third-order valence-electron chi connectivity index (χ3n) is 11.1. The van der Waals surface area contributed by atoms with Gasteiger partial charge >= 0.3 is 8.56 Å². The molecule has 3 aliphatic rings. The molecule has 9 heteroatoms. The molecule has 0 bridgehead atoms. The average molecular weight is 727 g/mol. The zero-order valence-corrected chi connectivity index (χ0v) is 32.6. The Morgan fingerprint density at radius 3 is 1.98 bits per heavy atom. The summed E-state index contributed by atoms with van der Waals surface area (Å²) in [6.07, 6.45) is 8.53. The van der Waals surface area contributed by atoms with Crippen LogP contribution in [0.5, 0.6) is 0 Å². The van der Waals surface area contributed by atoms with Gasteiger partial charge in [0.05, 0.1) is 28.5 Å². The minimum absolute atomic E-state index is 0.00190. The van der Waals surface area contributed by atoms with Crippen molar-refractivity contribution in [3.63, 3.8) is 0 Å². The molecule has 2 unspecified atom stereocenters. The Morgan fingerprint density at radius 2 is 1.48 bits per heavy atom. The minimum Gasteiger partial charge on any atom is -0.416 e. The van der Waals surface area contributed by atoms with E-state index in [1.165, 1.54) is 56.7 Å². The smallest absolute Gasteiger partial charge is 0.358 e. The quantitative estimate of drug-likeness (QED) is 0.0801. The van der Waals surface area contributed by atoms with Crippen LogP contribution in [0.25, 0.3) is 0 Å². The number of rotatable bonds is 18. The summed E-state index contributed by atoms with van der Waals surface area (Å²) >= 11 is 2.71. The second-order valence-electron chi connectivity index (χ2n) is 13.2. The molecule has 0 aromatic rings. The summed E-state index contributed by atoms with van der Waals surface area (Å²) in [4.78, 5) is 0. The monoisotopic (exact) mass is 726 g/mol. The molecule has 0 spiro atoms. The van der Waals surface area contributed by atoms with Gasteiger partial charge in [-0.25, -0.2) is 0 Å². The Hall–Kier alpha value is 1.18. The van der Waals surface area contributed by atoms with Crippen molar-refractivity contribution >= 4 is 47.8 Å². The summed E-state index contributed by atoms with van der Waals surface area (Å²) in [5.74, 6) is 0.288. The maximum Gasteiger partial charge on any atom is 0.358 e. The highest BCUT2D eigenvalue weighted by Crippen LogP contribution is 2.67. The van der Waals surface area contributed by atoms with Crippen LogP contribution in [0.2, 0.25) is 41.3 Å². The molecule has 0 amide bonds. The third kappa shape index (κ3) is 7.35. The van der Waals surface area contributed by atoms with Crippen LogP contribution in [0.15, 0.2) is 0 Å². The number of alkyl halides is 1. The summed E-state index contributed by atoms with van der Waals surface area (Å²) in [6.45, 7) is 22.4. The number of hydrogen-bond acceptors (Lipinski definition) is 5. The van der Waals surface area contributed by atoms with Gasteiger partial charge in [-0.05, 0) is 61.9 Å². The largest absolute Gasteiger partial charge is 0.416 e. The maximum absolute atomic E-state index is 7.41. The predicted octanol–water partition coefficient (Wildman–Crippen LogP) is 9.53. The van der Waals surface area contributed by atoms with Gasteiger partial charge in [-0.2, -0.15) is 0 Å². The van der Waals surface area contributed by atoms with E-state index in [0.29, 0.717) is 15.2 Å². The maximum atomic E-state index is 7.41. The highest BCUT2D eigenvalue weighted by molar-refractivity contribution is 14.1. The van der Waals surface area contributed by atoms with Crippen molar-refractivity contribution in [1.82, 2.24) is 0 Å². The molecule has 1 aliphatic carbocycles. The van der Waals surface area contributed by atoms with Gasteiger partial charge in [0, 0.05) is 24.0 Å². The van der Waals surface area contributed by atoms with Crippen molar-refractivity contribution in [2.45, 2.75) is 177 Å². The molecule has 3 fully saturated rings. The van der Waals surface area contributed by atoms with Gasteiger partial charge in [0.25, 0.3) is 0 Å². The first-order valence-electron chi connectivity index (χ1n) is 17.1. The molecule has 0 aromatic carbocycles. The van der Waals surface area contributed by atoms with Gasteiger partial charge in [-0.3, -0.25) is 0 Å². The standard InChI is InChI=1S/C31H63IO5Si3/c1-10-18-29(32)40(31(19-11-2)20-21-31)34-24-28-26(37-40)22-27(36-39(15-6,16-7)17-8)30(35-28)25(9)23-33-38(12-3,13-4)14-5/h25-30H,10-24H2,1-9H3/t25-,26-,27+,28-,29?,30+,40?/m1/s1. The van der Waals surface area contributed by atoms with Gasteiger partial charge in [0.1, 0.15) is 6.10 Å². The molecule has 236 valence electrons. The summed E-state index contributed by atoms with van der Waals surface area (Å²) in [5, 5.41) is 0.297. The molecular formula is C31H63IO5Si3. The highest BCUT2D eigenvalue weighted by Gasteiger charge is 2.70. The summed E-state index contributed by atoms with van der Waals surface area (Å²) in [7, 11) is -5.91. The van der Waals surface area contributed by atoms with Crippen molar-refractivity contribution in [3.05, 3.63) is 0 Å². The fraction of sp³-hybridized carbons (Fsp3) is 1.00. The predicted molar refractivity (Wildman–Crippen MR) is 184 cm³/mol. The van der Waals surface area contributed by atoms with E-state index >= 15 is 0 Å². The van der Waals surface area contributed by atoms with Crippen LogP contribution in [-0.4, -0.2) is 66.4 Å². The van der Waals surface area contributed by atoms with Crippen LogP contribution < -0.4 is 0 Å². The van der Waals surface area contributed by atoms with Crippen molar-refractivity contribution in [2.75, 3.05) is 13.2 Å². The Labute approximate surface area is 264 Å². The lowest BCUT2D eigenvalue weighted by Crippen LogP contribution is -2.68. The third-order valence-corrected chi connectivity index (χ3v) is 28.1. The molecule has 0 aromatic heterocycles. The molecule has 2 saturated heterocycles. The van der Waals surface area contributed by atoms with E-state index in [1.54, 1.807) is 0 Å². The Balaban J connectivity index is 1.88. The Morgan fingerprint density at radius 1 is 0.875 bits per heavy atom. The minimum atomic E-state index is -2.43. The van der Waals surface area contributed by atoms with Crippen molar-refractivity contribution in [1.29, 1.82) is 0 Å². The van der Waals surface area contributed by atoms with E-state index in [1.807, 2.05) is 0 Å². The lowest BCUT2D eigenvalue weighted by Gasteiger charge is -2.54. The van der Waals surface area contributed by atoms with Crippen molar-refractivity contribution in [3.8, 4) is 0 Å². The Kier molecular flexibility index (Phi) is 13.8. The lowest BCUT2D eigenvalue weighted by atomic mass is 9.91. The first-order valence-corrected chi connectivity index (χ1v) is 25.2. The van der Waals surface area contributed by atoms with E-state index in [4.69, 9.17) is 22.4 Å². The molecule has 3 rings (SSSR count). The van der Waals surface area contributed by atoms with Crippen LogP contribution in [0, 0.1) is 5.92 Å². The zero-order valence-electron chi connectivity index (χ0n) is 27.5. The normalized spacial score (nSPS) is 31.9. The molecule has 40 heavy (non-hydrogen) atoms. The van der Waals surface area contributed by atoms with Crippen LogP contribution in [0.3, 0.4) is 0 Å².